The van der Waals surface area contributed by atoms with Crippen molar-refractivity contribution in [2.75, 3.05) is 5.73 Å². The topological polar surface area (TPSA) is 94.0 Å². The van der Waals surface area contributed by atoms with Crippen molar-refractivity contribution in [1.29, 1.82) is 0 Å². The first-order chi connectivity index (χ1) is 8.93. The lowest BCUT2D eigenvalue weighted by Gasteiger charge is -2.23. The van der Waals surface area contributed by atoms with Crippen LogP contribution in [0.3, 0.4) is 0 Å². The summed E-state index contributed by atoms with van der Waals surface area (Å²) in [5.41, 5.74) is 5.26. The summed E-state index contributed by atoms with van der Waals surface area (Å²) < 4.78 is 1.43. The molecule has 1 heterocycles. The molecule has 0 radical (unpaired) electrons. The molecule has 2 aromatic rings. The summed E-state index contributed by atoms with van der Waals surface area (Å²) >= 11 is 0. The smallest absolute Gasteiger partial charge is 0.314 e. The molecular weight excluding hydrogens is 244 g/mol. The third-order valence-corrected chi connectivity index (χ3v) is 3.24. The van der Waals surface area contributed by atoms with Gasteiger partial charge in [-0.15, -0.1) is 0 Å². The number of aromatic nitrogens is 3. The van der Waals surface area contributed by atoms with Crippen LogP contribution in [-0.2, 0) is 23.7 Å². The Morgan fingerprint density at radius 1 is 1.42 bits per heavy atom. The summed E-state index contributed by atoms with van der Waals surface area (Å²) in [6.45, 7) is 1.66. The fourth-order valence-electron chi connectivity index (χ4n) is 1.95. The number of anilines is 1. The van der Waals surface area contributed by atoms with Gasteiger partial charge >= 0.3 is 5.97 Å². The number of aliphatic carboxylic acids is 1. The molecule has 0 saturated heterocycles. The van der Waals surface area contributed by atoms with Gasteiger partial charge in [0.25, 0.3) is 0 Å². The number of rotatable bonds is 4. The molecule has 3 N–H and O–H groups in total. The van der Waals surface area contributed by atoms with Crippen molar-refractivity contribution in [3.05, 3.63) is 41.7 Å². The van der Waals surface area contributed by atoms with Crippen LogP contribution in [0.5, 0.6) is 0 Å². The molecule has 0 aliphatic rings. The zero-order valence-electron chi connectivity index (χ0n) is 10.9. The molecule has 6 nitrogen and oxygen atoms in total. The minimum absolute atomic E-state index is 0.192. The van der Waals surface area contributed by atoms with E-state index < -0.39 is 11.4 Å². The van der Waals surface area contributed by atoms with Crippen molar-refractivity contribution in [2.45, 2.75) is 18.8 Å². The molecule has 1 aromatic heterocycles. The first-order valence-electron chi connectivity index (χ1n) is 5.88. The van der Waals surface area contributed by atoms with Crippen LogP contribution in [0.2, 0.25) is 0 Å². The van der Waals surface area contributed by atoms with Crippen LogP contribution >= 0.6 is 0 Å². The molecule has 1 atom stereocenters. The molecule has 100 valence electrons. The number of benzene rings is 1. The van der Waals surface area contributed by atoms with Crippen LogP contribution in [0.1, 0.15) is 18.3 Å². The van der Waals surface area contributed by atoms with Crippen LogP contribution in [0, 0.1) is 0 Å². The molecular formula is C13H16N4O2. The highest BCUT2D eigenvalue weighted by molar-refractivity contribution is 5.81. The predicted molar refractivity (Wildman–Crippen MR) is 70.5 cm³/mol. The number of carboxylic acid groups (broad SMARTS) is 1. The van der Waals surface area contributed by atoms with Crippen molar-refractivity contribution in [1.82, 2.24) is 14.8 Å². The molecule has 0 spiro atoms. The highest BCUT2D eigenvalue weighted by Gasteiger charge is 2.36. The average molecular weight is 260 g/mol. The number of nitrogens with zero attached hydrogens (tertiary/aromatic N) is 3. The van der Waals surface area contributed by atoms with Crippen LogP contribution in [-0.4, -0.2) is 25.8 Å². The van der Waals surface area contributed by atoms with Gasteiger partial charge in [-0.25, -0.2) is 4.68 Å². The fraction of sp³-hybridized carbons (Fsp3) is 0.308. The van der Waals surface area contributed by atoms with E-state index in [2.05, 4.69) is 10.1 Å². The van der Waals surface area contributed by atoms with E-state index in [1.807, 2.05) is 18.2 Å². The largest absolute Gasteiger partial charge is 0.481 e. The van der Waals surface area contributed by atoms with Gasteiger partial charge in [-0.2, -0.15) is 10.1 Å². The van der Waals surface area contributed by atoms with Crippen molar-refractivity contribution in [3.8, 4) is 0 Å². The molecule has 0 aliphatic carbocycles. The van der Waals surface area contributed by atoms with Gasteiger partial charge in [0.2, 0.25) is 5.95 Å². The summed E-state index contributed by atoms with van der Waals surface area (Å²) in [5.74, 6) is -0.214. The fourth-order valence-corrected chi connectivity index (χ4v) is 1.95. The maximum Gasteiger partial charge on any atom is 0.314 e. The van der Waals surface area contributed by atoms with E-state index in [-0.39, 0.29) is 12.4 Å². The Balaban J connectivity index is 2.38. The van der Waals surface area contributed by atoms with Crippen LogP contribution in [0.4, 0.5) is 5.95 Å². The SMILES string of the molecule is Cn1nc(CC(C)(C(=O)O)c2ccccc2)nc1N. The number of hydrogen-bond acceptors (Lipinski definition) is 4. The second kappa shape index (κ2) is 4.72. The Hall–Kier alpha value is -2.37. The van der Waals surface area contributed by atoms with Crippen LogP contribution < -0.4 is 5.73 Å². The summed E-state index contributed by atoms with van der Waals surface area (Å²) in [7, 11) is 1.67. The Labute approximate surface area is 110 Å². The Kier molecular flexibility index (Phi) is 3.25. The van der Waals surface area contributed by atoms with E-state index in [1.165, 1.54) is 4.68 Å². The zero-order chi connectivity index (χ0) is 14.0. The lowest BCUT2D eigenvalue weighted by molar-refractivity contribution is -0.143. The van der Waals surface area contributed by atoms with E-state index >= 15 is 0 Å². The van der Waals surface area contributed by atoms with Gasteiger partial charge in [-0.05, 0) is 12.5 Å². The van der Waals surface area contributed by atoms with E-state index in [1.54, 1.807) is 26.1 Å². The molecule has 6 heteroatoms. The molecule has 1 aromatic carbocycles. The maximum absolute atomic E-state index is 11.6. The highest BCUT2D eigenvalue weighted by Crippen LogP contribution is 2.27. The molecule has 0 aliphatic heterocycles. The Morgan fingerprint density at radius 2 is 2.05 bits per heavy atom. The third-order valence-electron chi connectivity index (χ3n) is 3.24. The minimum atomic E-state index is -1.07. The number of nitrogen functional groups attached to an aromatic ring is 1. The average Bonchev–Trinajstić information content (AvgIpc) is 2.69. The van der Waals surface area contributed by atoms with Crippen LogP contribution in [0.15, 0.2) is 30.3 Å². The standard InChI is InChI=1S/C13H16N4O2/c1-13(11(18)19,9-6-4-3-5-7-9)8-10-15-12(14)17(2)16-10/h3-7H,8H2,1-2H3,(H,18,19)(H2,14,15,16). The second-order valence-corrected chi connectivity index (χ2v) is 4.69. The molecule has 19 heavy (non-hydrogen) atoms. The van der Waals surface area contributed by atoms with Gasteiger partial charge in [0.15, 0.2) is 5.82 Å². The second-order valence-electron chi connectivity index (χ2n) is 4.69. The summed E-state index contributed by atoms with van der Waals surface area (Å²) in [5, 5.41) is 13.7. The number of nitrogens with two attached hydrogens (primary N) is 1. The first-order valence-corrected chi connectivity index (χ1v) is 5.88. The Morgan fingerprint density at radius 3 is 2.53 bits per heavy atom. The first kappa shape index (κ1) is 13.1. The number of hydrogen-bond donors (Lipinski definition) is 2. The third kappa shape index (κ3) is 2.42. The van der Waals surface area contributed by atoms with Gasteiger partial charge in [-0.1, -0.05) is 30.3 Å². The lowest BCUT2D eigenvalue weighted by Crippen LogP contribution is -2.35. The molecule has 2 rings (SSSR count). The van der Waals surface area contributed by atoms with E-state index in [4.69, 9.17) is 5.73 Å². The zero-order valence-corrected chi connectivity index (χ0v) is 10.9. The predicted octanol–water partition coefficient (Wildman–Crippen LogP) is 0.982. The minimum Gasteiger partial charge on any atom is -0.481 e. The van der Waals surface area contributed by atoms with Gasteiger partial charge in [0.1, 0.15) is 0 Å². The highest BCUT2D eigenvalue weighted by atomic mass is 16.4. The number of carboxylic acids is 1. The van der Waals surface area contributed by atoms with Crippen molar-refractivity contribution in [2.24, 2.45) is 7.05 Å². The van der Waals surface area contributed by atoms with Crippen LogP contribution in [0.25, 0.3) is 0 Å². The van der Waals surface area contributed by atoms with Crippen molar-refractivity contribution < 1.29 is 9.90 Å². The van der Waals surface area contributed by atoms with E-state index in [0.717, 1.165) is 0 Å². The summed E-state index contributed by atoms with van der Waals surface area (Å²) in [4.78, 5) is 15.7. The van der Waals surface area contributed by atoms with E-state index in [0.29, 0.717) is 11.4 Å². The number of carbonyl (C=O) groups is 1. The summed E-state index contributed by atoms with van der Waals surface area (Å²) in [6.07, 6.45) is 0.192. The maximum atomic E-state index is 11.6. The van der Waals surface area contributed by atoms with Gasteiger partial charge in [0.05, 0.1) is 5.41 Å². The quantitative estimate of drug-likeness (QED) is 0.854. The Bertz CT molecular complexity index is 574. The van der Waals surface area contributed by atoms with Gasteiger partial charge in [-0.3, -0.25) is 4.79 Å². The molecule has 0 saturated carbocycles. The molecule has 0 amide bonds. The van der Waals surface area contributed by atoms with Gasteiger partial charge in [0, 0.05) is 13.5 Å². The lowest BCUT2D eigenvalue weighted by atomic mass is 9.79. The molecule has 0 bridgehead atoms. The van der Waals surface area contributed by atoms with Crippen molar-refractivity contribution >= 4 is 11.9 Å². The van der Waals surface area contributed by atoms with E-state index in [9.17, 15) is 9.90 Å². The molecule has 1 unspecified atom stereocenters. The monoisotopic (exact) mass is 260 g/mol. The normalized spacial score (nSPS) is 14.0. The molecule has 0 fully saturated rings. The number of aryl methyl sites for hydroxylation is 1. The van der Waals surface area contributed by atoms with Crippen molar-refractivity contribution in [3.63, 3.8) is 0 Å². The summed E-state index contributed by atoms with van der Waals surface area (Å²) in [6, 6.07) is 9.07. The van der Waals surface area contributed by atoms with Gasteiger partial charge < -0.3 is 10.8 Å².